The molecular formula is C22H25Cl3SiTi. The van der Waals surface area contributed by atoms with Crippen LogP contribution in [0.2, 0.25) is 12.1 Å². The maximum absolute atomic E-state index is 2.62. The Morgan fingerprint density at radius 3 is 2.04 bits per heavy atom. The predicted molar refractivity (Wildman–Crippen MR) is 104 cm³/mol. The number of benzene rings is 2. The molecule has 1 saturated carbocycles. The first-order valence-electron chi connectivity index (χ1n) is 9.00. The van der Waals surface area contributed by atoms with E-state index in [2.05, 4.69) is 73.3 Å². The zero-order valence-corrected chi connectivity index (χ0v) is 20.4. The maximum atomic E-state index is 2.62. The molecule has 0 saturated heterocycles. The Bertz CT molecular complexity index is 766. The zero-order valence-electron chi connectivity index (χ0n) is 15.6. The van der Waals surface area contributed by atoms with E-state index in [4.69, 9.17) is 0 Å². The van der Waals surface area contributed by atoms with Crippen molar-refractivity contribution in [2.45, 2.75) is 44.2 Å². The second-order valence-corrected chi connectivity index (χ2v) is 11.7. The first-order valence-corrected chi connectivity index (χ1v) is 11.6. The van der Waals surface area contributed by atoms with Gasteiger partial charge >= 0.3 is 21.7 Å². The summed E-state index contributed by atoms with van der Waals surface area (Å²) in [5, 5.41) is 6.07. The monoisotopic (exact) mass is 470 g/mol. The molecule has 1 atom stereocenters. The molecule has 27 heavy (non-hydrogen) atoms. The summed E-state index contributed by atoms with van der Waals surface area (Å²) in [5.74, 6) is 0. The van der Waals surface area contributed by atoms with Gasteiger partial charge in [0.05, 0.1) is 8.07 Å². The summed E-state index contributed by atoms with van der Waals surface area (Å²) in [6, 6.07) is 25.2. The summed E-state index contributed by atoms with van der Waals surface area (Å²) >= 11 is 0. The predicted octanol–water partition coefficient (Wildman–Crippen LogP) is -3.90. The van der Waals surface area contributed by atoms with E-state index in [1.807, 2.05) is 0 Å². The summed E-state index contributed by atoms with van der Waals surface area (Å²) < 4.78 is 0. The van der Waals surface area contributed by atoms with E-state index in [9.17, 15) is 0 Å². The van der Waals surface area contributed by atoms with Crippen molar-refractivity contribution >= 4 is 29.2 Å². The zero-order chi connectivity index (χ0) is 15.7. The van der Waals surface area contributed by atoms with E-state index in [0.29, 0.717) is 0 Å². The molecule has 1 aliphatic rings. The van der Waals surface area contributed by atoms with E-state index in [0.717, 1.165) is 5.54 Å². The van der Waals surface area contributed by atoms with E-state index in [-0.39, 0.29) is 58.9 Å². The van der Waals surface area contributed by atoms with Crippen molar-refractivity contribution < 1.29 is 58.9 Å². The molecule has 4 rings (SSSR count). The van der Waals surface area contributed by atoms with Gasteiger partial charge in [0, 0.05) is 0 Å². The first kappa shape index (κ1) is 26.9. The van der Waals surface area contributed by atoms with Crippen molar-refractivity contribution in [3.05, 3.63) is 66.7 Å². The Balaban J connectivity index is 0.00000169. The van der Waals surface area contributed by atoms with Crippen LogP contribution in [0.4, 0.5) is 0 Å². The fourth-order valence-corrected chi connectivity index (χ4v) is 9.19. The molecule has 0 bridgehead atoms. The van der Waals surface area contributed by atoms with Gasteiger partial charge in [-0.15, -0.1) is 34.8 Å². The molecule has 1 unspecified atom stereocenters. The maximum Gasteiger partial charge on any atom is 4.00 e. The second kappa shape index (κ2) is 11.8. The molecule has 3 aromatic carbocycles. The van der Waals surface area contributed by atoms with Gasteiger partial charge in [0.1, 0.15) is 0 Å². The molecule has 0 amide bonds. The number of fused-ring (bicyclic) bond motifs is 1. The largest absolute Gasteiger partial charge is 4.00 e. The van der Waals surface area contributed by atoms with Crippen LogP contribution < -0.4 is 47.6 Å². The summed E-state index contributed by atoms with van der Waals surface area (Å²) in [7, 11) is -1.68. The van der Waals surface area contributed by atoms with Gasteiger partial charge in [-0.05, 0) is 5.54 Å². The minimum atomic E-state index is -1.68. The molecule has 0 nitrogen and oxygen atoms in total. The Hall–Kier alpha value is -0.149. The third kappa shape index (κ3) is 5.26. The quantitative estimate of drug-likeness (QED) is 0.271. The minimum Gasteiger partial charge on any atom is -1.00 e. The summed E-state index contributed by atoms with van der Waals surface area (Å²) in [5.41, 5.74) is 0.885. The molecule has 0 aromatic heterocycles. The molecule has 0 spiro atoms. The van der Waals surface area contributed by atoms with Crippen molar-refractivity contribution in [1.82, 2.24) is 0 Å². The molecule has 1 aliphatic carbocycles. The van der Waals surface area contributed by atoms with Crippen LogP contribution in [-0.4, -0.2) is 8.07 Å². The van der Waals surface area contributed by atoms with Crippen LogP contribution >= 0.6 is 0 Å². The number of hydrogen-bond donors (Lipinski definition) is 0. The van der Waals surface area contributed by atoms with Gasteiger partial charge in [-0.1, -0.05) is 80.2 Å². The summed E-state index contributed by atoms with van der Waals surface area (Å²) in [6.45, 7) is 2.62. The van der Waals surface area contributed by atoms with Crippen molar-refractivity contribution in [3.8, 4) is 0 Å². The van der Waals surface area contributed by atoms with Gasteiger partial charge in [-0.3, -0.25) is 0 Å². The van der Waals surface area contributed by atoms with E-state index >= 15 is 0 Å². The Kier molecular flexibility index (Phi) is 11.7. The van der Waals surface area contributed by atoms with Crippen LogP contribution in [0.15, 0.2) is 66.7 Å². The second-order valence-electron chi connectivity index (χ2n) is 7.28. The Morgan fingerprint density at radius 2 is 1.41 bits per heavy atom. The van der Waals surface area contributed by atoms with Crippen LogP contribution in [0, 0.1) is 0 Å². The number of rotatable bonds is 3. The van der Waals surface area contributed by atoms with E-state index in [1.54, 1.807) is 10.4 Å². The van der Waals surface area contributed by atoms with E-state index < -0.39 is 8.07 Å². The standard InChI is InChI=1S/C22H25Si.3ClH.Ti/c1-23(20-12-4-2-5-13-20,21-14-6-3-7-15-21)22-16-18-10-8-9-11-19(18)17-22;;;;/h2,4-5,8-13,16-17,21H,3,6-7,14-15H2,1H3;3*1H;/q-1;;;;+4/p-3. The molecule has 0 aliphatic heterocycles. The van der Waals surface area contributed by atoms with Crippen LogP contribution in [0.3, 0.4) is 0 Å². The summed E-state index contributed by atoms with van der Waals surface area (Å²) in [4.78, 5) is 0. The van der Waals surface area contributed by atoms with E-state index in [1.165, 1.54) is 42.9 Å². The first-order chi connectivity index (χ1) is 11.3. The van der Waals surface area contributed by atoms with Crippen molar-refractivity contribution in [1.29, 1.82) is 0 Å². The molecule has 1 fully saturated rings. The van der Waals surface area contributed by atoms with Crippen molar-refractivity contribution in [2.75, 3.05) is 0 Å². The topological polar surface area (TPSA) is 0 Å². The van der Waals surface area contributed by atoms with Crippen LogP contribution in [0.1, 0.15) is 32.1 Å². The van der Waals surface area contributed by atoms with Gasteiger partial charge < -0.3 is 37.2 Å². The molecule has 5 heteroatoms. The van der Waals surface area contributed by atoms with Gasteiger partial charge in [0.25, 0.3) is 0 Å². The fourth-order valence-electron chi connectivity index (χ4n) is 4.55. The SMILES string of the molecule is C[Si](c1ccccc1)(c1cc2ccccc2[cH-]1)C1CCCCC1.[Cl-].[Cl-].[Cl-].[Ti+4]. The smallest absolute Gasteiger partial charge is 1.00 e. The Morgan fingerprint density at radius 1 is 0.815 bits per heavy atom. The fraction of sp³-hybridized carbons (Fsp3) is 0.318. The number of hydrogen-bond acceptors (Lipinski definition) is 0. The summed E-state index contributed by atoms with van der Waals surface area (Å²) in [6.07, 6.45) is 7.09. The minimum absolute atomic E-state index is 0. The van der Waals surface area contributed by atoms with Gasteiger partial charge in [0.15, 0.2) is 0 Å². The molecule has 0 N–H and O–H groups in total. The van der Waals surface area contributed by atoms with Crippen molar-refractivity contribution in [2.24, 2.45) is 0 Å². The average Bonchev–Trinajstić information content (AvgIpc) is 3.07. The molecule has 142 valence electrons. The Labute approximate surface area is 198 Å². The van der Waals surface area contributed by atoms with Gasteiger partial charge in [-0.25, -0.2) is 0 Å². The number of halogens is 3. The van der Waals surface area contributed by atoms with Gasteiger partial charge in [0.2, 0.25) is 0 Å². The van der Waals surface area contributed by atoms with Crippen molar-refractivity contribution in [3.63, 3.8) is 0 Å². The average molecular weight is 472 g/mol. The molecular weight excluding hydrogens is 447 g/mol. The van der Waals surface area contributed by atoms with Crippen LogP contribution in [0.5, 0.6) is 0 Å². The molecule has 0 radical (unpaired) electrons. The van der Waals surface area contributed by atoms with Crippen LogP contribution in [0.25, 0.3) is 10.8 Å². The van der Waals surface area contributed by atoms with Gasteiger partial charge in [-0.2, -0.15) is 11.5 Å². The normalized spacial score (nSPS) is 16.0. The third-order valence-corrected chi connectivity index (χ3v) is 11.2. The third-order valence-electron chi connectivity index (χ3n) is 6.01. The molecule has 3 aromatic rings. The van der Waals surface area contributed by atoms with Crippen LogP contribution in [-0.2, 0) is 21.7 Å². The molecule has 0 heterocycles.